The number of imide groups is 1. The number of amides is 2. The van der Waals surface area contributed by atoms with Gasteiger partial charge in [-0.05, 0) is 12.8 Å². The molecule has 0 radical (unpaired) electrons. The van der Waals surface area contributed by atoms with Crippen LogP contribution in [0.4, 0.5) is 0 Å². The largest absolute Gasteiger partial charge is 0.481 e. The Morgan fingerprint density at radius 1 is 1.40 bits per heavy atom. The van der Waals surface area contributed by atoms with Gasteiger partial charge in [0.15, 0.2) is 0 Å². The maximum absolute atomic E-state index is 11.3. The summed E-state index contributed by atoms with van der Waals surface area (Å²) < 4.78 is 0. The normalized spacial score (nSPS) is 17.3. The fourth-order valence-electron chi connectivity index (χ4n) is 1.58. The van der Waals surface area contributed by atoms with Crippen molar-refractivity contribution in [2.45, 2.75) is 32.2 Å². The molecule has 1 aliphatic rings. The maximum Gasteiger partial charge on any atom is 0.303 e. The Hall–Kier alpha value is -1.65. The van der Waals surface area contributed by atoms with Gasteiger partial charge in [-0.2, -0.15) is 0 Å². The van der Waals surface area contributed by atoms with Crippen molar-refractivity contribution in [3.63, 3.8) is 0 Å². The van der Waals surface area contributed by atoms with Crippen molar-refractivity contribution in [2.24, 2.45) is 0 Å². The van der Waals surface area contributed by atoms with Crippen LogP contribution in [0.3, 0.4) is 0 Å². The first-order valence-electron chi connectivity index (χ1n) is 4.83. The first-order valence-corrected chi connectivity index (χ1v) is 4.83. The molecule has 1 unspecified atom stereocenters. The van der Waals surface area contributed by atoms with Crippen molar-refractivity contribution in [1.82, 2.24) is 4.90 Å². The van der Waals surface area contributed by atoms with Crippen molar-refractivity contribution in [3.05, 3.63) is 12.2 Å². The molecule has 1 rings (SSSR count). The fourth-order valence-corrected chi connectivity index (χ4v) is 1.58. The second-order valence-electron chi connectivity index (χ2n) is 3.37. The number of aliphatic carboxylic acids is 1. The summed E-state index contributed by atoms with van der Waals surface area (Å²) in [5.41, 5.74) is 0. The van der Waals surface area contributed by atoms with Crippen molar-refractivity contribution in [3.8, 4) is 0 Å². The molecule has 0 aliphatic carbocycles. The second-order valence-corrected chi connectivity index (χ2v) is 3.37. The zero-order chi connectivity index (χ0) is 11.4. The molecule has 15 heavy (non-hydrogen) atoms. The van der Waals surface area contributed by atoms with E-state index >= 15 is 0 Å². The van der Waals surface area contributed by atoms with E-state index in [-0.39, 0.29) is 24.3 Å². The maximum atomic E-state index is 11.3. The predicted molar refractivity (Wildman–Crippen MR) is 51.9 cm³/mol. The minimum absolute atomic E-state index is 0.0322. The molecule has 0 aromatic rings. The Kier molecular flexibility index (Phi) is 3.60. The number of hydrogen-bond acceptors (Lipinski definition) is 3. The minimum atomic E-state index is -0.916. The van der Waals surface area contributed by atoms with Crippen LogP contribution >= 0.6 is 0 Å². The monoisotopic (exact) mass is 211 g/mol. The van der Waals surface area contributed by atoms with Crippen molar-refractivity contribution in [1.29, 1.82) is 0 Å². The lowest BCUT2D eigenvalue weighted by Crippen LogP contribution is -2.39. The van der Waals surface area contributed by atoms with Crippen molar-refractivity contribution >= 4 is 17.8 Å². The summed E-state index contributed by atoms with van der Waals surface area (Å²) >= 11 is 0. The number of carbonyl (C=O) groups excluding carboxylic acids is 2. The molecule has 0 aromatic heterocycles. The Morgan fingerprint density at radius 3 is 2.33 bits per heavy atom. The summed E-state index contributed by atoms with van der Waals surface area (Å²) in [6.45, 7) is 1.82. The van der Waals surface area contributed by atoms with E-state index in [1.165, 1.54) is 12.2 Å². The lowest BCUT2D eigenvalue weighted by Gasteiger charge is -2.24. The lowest BCUT2D eigenvalue weighted by molar-refractivity contribution is -0.142. The van der Waals surface area contributed by atoms with E-state index in [4.69, 9.17) is 5.11 Å². The number of carboxylic acid groups (broad SMARTS) is 1. The highest BCUT2D eigenvalue weighted by Crippen LogP contribution is 2.16. The third-order valence-corrected chi connectivity index (χ3v) is 2.37. The van der Waals surface area contributed by atoms with Gasteiger partial charge in [0.25, 0.3) is 11.8 Å². The first-order chi connectivity index (χ1) is 7.06. The summed E-state index contributed by atoms with van der Waals surface area (Å²) in [5.74, 6) is -1.62. The zero-order valence-corrected chi connectivity index (χ0v) is 8.47. The molecule has 5 nitrogen and oxygen atoms in total. The van der Waals surface area contributed by atoms with Gasteiger partial charge in [0.2, 0.25) is 0 Å². The number of carbonyl (C=O) groups is 3. The second kappa shape index (κ2) is 4.72. The topological polar surface area (TPSA) is 74.7 Å². The van der Waals surface area contributed by atoms with Crippen LogP contribution in [0.1, 0.15) is 26.2 Å². The average Bonchev–Trinajstić information content (AvgIpc) is 2.49. The predicted octanol–water partition coefficient (Wildman–Crippen LogP) is 0.555. The Labute approximate surface area is 87.4 Å². The van der Waals surface area contributed by atoms with Gasteiger partial charge < -0.3 is 5.11 Å². The van der Waals surface area contributed by atoms with Crippen LogP contribution in [0, 0.1) is 0 Å². The van der Waals surface area contributed by atoms with Gasteiger partial charge in [-0.15, -0.1) is 0 Å². The summed E-state index contributed by atoms with van der Waals surface area (Å²) in [7, 11) is 0. The summed E-state index contributed by atoms with van der Waals surface area (Å²) in [4.78, 5) is 34.1. The van der Waals surface area contributed by atoms with E-state index < -0.39 is 5.97 Å². The number of nitrogens with zero attached hydrogens (tertiary/aromatic N) is 1. The molecule has 2 amide bonds. The van der Waals surface area contributed by atoms with Gasteiger partial charge in [-0.3, -0.25) is 19.3 Å². The van der Waals surface area contributed by atoms with Crippen molar-refractivity contribution in [2.75, 3.05) is 0 Å². The number of carboxylic acids is 1. The van der Waals surface area contributed by atoms with E-state index in [1.807, 2.05) is 6.92 Å². The van der Waals surface area contributed by atoms with Crippen LogP contribution in [0.15, 0.2) is 12.2 Å². The van der Waals surface area contributed by atoms with E-state index in [0.29, 0.717) is 12.8 Å². The highest BCUT2D eigenvalue weighted by atomic mass is 16.4. The number of hydrogen-bond donors (Lipinski definition) is 1. The molecule has 0 saturated heterocycles. The number of rotatable bonds is 5. The summed E-state index contributed by atoms with van der Waals surface area (Å²) in [5, 5.41) is 8.53. The van der Waals surface area contributed by atoms with E-state index in [1.54, 1.807) is 0 Å². The third-order valence-electron chi connectivity index (χ3n) is 2.37. The van der Waals surface area contributed by atoms with E-state index in [0.717, 1.165) is 4.90 Å². The van der Waals surface area contributed by atoms with Crippen LogP contribution in [-0.2, 0) is 14.4 Å². The molecule has 0 bridgehead atoms. The first kappa shape index (κ1) is 11.4. The van der Waals surface area contributed by atoms with Gasteiger partial charge in [0.05, 0.1) is 0 Å². The molecule has 0 spiro atoms. The van der Waals surface area contributed by atoms with Crippen LogP contribution in [0.5, 0.6) is 0 Å². The molecule has 82 valence electrons. The Balaban J connectivity index is 2.62. The van der Waals surface area contributed by atoms with Gasteiger partial charge in [0, 0.05) is 24.6 Å². The van der Waals surface area contributed by atoms with Crippen LogP contribution in [-0.4, -0.2) is 33.8 Å². The van der Waals surface area contributed by atoms with E-state index in [2.05, 4.69) is 0 Å². The van der Waals surface area contributed by atoms with Gasteiger partial charge >= 0.3 is 5.97 Å². The quantitative estimate of drug-likeness (QED) is 0.674. The third kappa shape index (κ3) is 2.65. The Bertz CT molecular complexity index is 303. The lowest BCUT2D eigenvalue weighted by atomic mass is 10.1. The standard InChI is InChI=1S/C10H13NO4/c1-2-7(3-6-10(14)15)11-8(12)4-5-9(11)13/h4-5,7H,2-3,6H2,1H3,(H,14,15). The highest BCUT2D eigenvalue weighted by molar-refractivity contribution is 6.13. The molecule has 0 saturated carbocycles. The van der Waals surface area contributed by atoms with Crippen molar-refractivity contribution < 1.29 is 19.5 Å². The molecular weight excluding hydrogens is 198 g/mol. The van der Waals surface area contributed by atoms with Gasteiger partial charge in [-0.25, -0.2) is 0 Å². The molecule has 1 atom stereocenters. The van der Waals surface area contributed by atoms with E-state index in [9.17, 15) is 14.4 Å². The molecule has 0 fully saturated rings. The molecule has 1 heterocycles. The molecular formula is C10H13NO4. The molecule has 1 N–H and O–H groups in total. The summed E-state index contributed by atoms with van der Waals surface area (Å²) in [6, 6.07) is -0.309. The molecule has 1 aliphatic heterocycles. The highest BCUT2D eigenvalue weighted by Gasteiger charge is 2.29. The van der Waals surface area contributed by atoms with Crippen LogP contribution < -0.4 is 0 Å². The molecule has 0 aromatic carbocycles. The average molecular weight is 211 g/mol. The zero-order valence-electron chi connectivity index (χ0n) is 8.47. The van der Waals surface area contributed by atoms with Crippen LogP contribution in [0.2, 0.25) is 0 Å². The smallest absolute Gasteiger partial charge is 0.303 e. The summed E-state index contributed by atoms with van der Waals surface area (Å²) in [6.07, 6.45) is 3.28. The SMILES string of the molecule is CCC(CCC(=O)O)N1C(=O)C=CC1=O. The molecule has 5 heteroatoms. The minimum Gasteiger partial charge on any atom is -0.481 e. The fraction of sp³-hybridized carbons (Fsp3) is 0.500. The Morgan fingerprint density at radius 2 is 1.93 bits per heavy atom. The van der Waals surface area contributed by atoms with Gasteiger partial charge in [-0.1, -0.05) is 6.92 Å². The van der Waals surface area contributed by atoms with Gasteiger partial charge in [0.1, 0.15) is 0 Å². The van der Waals surface area contributed by atoms with Crippen LogP contribution in [0.25, 0.3) is 0 Å².